The average molecular weight is 152 g/mol. The van der Waals surface area contributed by atoms with Crippen molar-refractivity contribution >= 4 is 0 Å². The molecular formula is C10H18N+. The fraction of sp³-hybridized carbons (Fsp3) is 0.600. The molecule has 62 valence electrons. The van der Waals surface area contributed by atoms with Crippen LogP contribution >= 0.6 is 0 Å². The van der Waals surface area contributed by atoms with Crippen molar-refractivity contribution in [1.29, 1.82) is 0 Å². The van der Waals surface area contributed by atoms with Gasteiger partial charge in [0, 0.05) is 0 Å². The molecule has 0 fully saturated rings. The van der Waals surface area contributed by atoms with E-state index in [2.05, 4.69) is 52.2 Å². The lowest BCUT2D eigenvalue weighted by molar-refractivity contribution is -0.870. The van der Waals surface area contributed by atoms with Crippen molar-refractivity contribution in [1.82, 2.24) is 0 Å². The molecule has 1 aliphatic rings. The Balaban J connectivity index is 2.90. The maximum absolute atomic E-state index is 2.27. The van der Waals surface area contributed by atoms with E-state index in [1.165, 1.54) is 0 Å². The van der Waals surface area contributed by atoms with Gasteiger partial charge in [-0.05, 0) is 39.8 Å². The summed E-state index contributed by atoms with van der Waals surface area (Å²) in [6.45, 7) is 9.06. The lowest BCUT2D eigenvalue weighted by atomic mass is 10.2. The fourth-order valence-electron chi connectivity index (χ4n) is 1.73. The Kier molecular flexibility index (Phi) is 2.19. The van der Waals surface area contributed by atoms with Crippen molar-refractivity contribution in [2.75, 3.05) is 0 Å². The first kappa shape index (κ1) is 8.54. The standard InChI is InChI=1S/C10H18N/c1-9(2)11(10(3)4)7-5-6-8-11/h5-10H,1-4H3/q+1. The molecular weight excluding hydrogens is 134 g/mol. The number of hydrogen-bond acceptors (Lipinski definition) is 0. The van der Waals surface area contributed by atoms with Crippen molar-refractivity contribution in [3.8, 4) is 0 Å². The van der Waals surface area contributed by atoms with E-state index >= 15 is 0 Å². The molecule has 0 radical (unpaired) electrons. The van der Waals surface area contributed by atoms with E-state index < -0.39 is 0 Å². The van der Waals surface area contributed by atoms with Gasteiger partial charge in [0.1, 0.15) is 12.4 Å². The predicted molar refractivity (Wildman–Crippen MR) is 48.8 cm³/mol. The molecule has 11 heavy (non-hydrogen) atoms. The predicted octanol–water partition coefficient (Wildman–Crippen LogP) is 2.66. The quantitative estimate of drug-likeness (QED) is 0.534. The summed E-state index contributed by atoms with van der Waals surface area (Å²) in [6, 6.07) is 1.29. The van der Waals surface area contributed by atoms with Gasteiger partial charge in [-0.25, -0.2) is 0 Å². The monoisotopic (exact) mass is 152 g/mol. The highest BCUT2D eigenvalue weighted by molar-refractivity contribution is 5.04. The summed E-state index contributed by atoms with van der Waals surface area (Å²) >= 11 is 0. The minimum absolute atomic E-state index is 0.644. The highest BCUT2D eigenvalue weighted by Gasteiger charge is 2.31. The number of nitrogens with zero attached hydrogens (tertiary/aromatic N) is 1. The molecule has 1 heterocycles. The smallest absolute Gasteiger partial charge is 0.101 e. The number of rotatable bonds is 2. The minimum Gasteiger partial charge on any atom is -0.267 e. The summed E-state index contributed by atoms with van der Waals surface area (Å²) in [5, 5.41) is 0. The minimum atomic E-state index is 0.644. The summed E-state index contributed by atoms with van der Waals surface area (Å²) < 4.78 is 1.00. The molecule has 0 aliphatic carbocycles. The van der Waals surface area contributed by atoms with Crippen LogP contribution in [0.1, 0.15) is 27.7 Å². The third-order valence-corrected chi connectivity index (χ3v) is 2.59. The SMILES string of the molecule is CC(C)[N+]1(C(C)C)C=CC=C1. The lowest BCUT2D eigenvalue weighted by Crippen LogP contribution is -2.47. The summed E-state index contributed by atoms with van der Waals surface area (Å²) in [4.78, 5) is 0. The van der Waals surface area contributed by atoms with Gasteiger partial charge in [-0.1, -0.05) is 0 Å². The van der Waals surface area contributed by atoms with Gasteiger partial charge in [-0.2, -0.15) is 0 Å². The summed E-state index contributed by atoms with van der Waals surface area (Å²) in [6.07, 6.45) is 8.82. The van der Waals surface area contributed by atoms with Crippen LogP contribution < -0.4 is 0 Å². The van der Waals surface area contributed by atoms with E-state index in [4.69, 9.17) is 0 Å². The van der Waals surface area contributed by atoms with Gasteiger partial charge < -0.3 is 0 Å². The highest BCUT2D eigenvalue weighted by atomic mass is 15.4. The molecule has 1 nitrogen and oxygen atoms in total. The van der Waals surface area contributed by atoms with Crippen molar-refractivity contribution < 1.29 is 4.48 Å². The van der Waals surface area contributed by atoms with Crippen LogP contribution in [0.25, 0.3) is 0 Å². The molecule has 0 amide bonds. The van der Waals surface area contributed by atoms with Gasteiger partial charge in [0.2, 0.25) is 0 Å². The average Bonchev–Trinajstić information content (AvgIpc) is 2.34. The zero-order chi connectivity index (χ0) is 8.48. The Morgan fingerprint density at radius 3 is 1.36 bits per heavy atom. The maximum atomic E-state index is 2.27. The zero-order valence-electron chi connectivity index (χ0n) is 7.91. The molecule has 1 aliphatic heterocycles. The van der Waals surface area contributed by atoms with Crippen LogP contribution in [0.3, 0.4) is 0 Å². The Labute approximate surface area is 69.6 Å². The van der Waals surface area contributed by atoms with Gasteiger partial charge in [0.05, 0.1) is 12.1 Å². The molecule has 0 saturated heterocycles. The third-order valence-electron chi connectivity index (χ3n) is 2.59. The molecule has 0 bridgehead atoms. The Morgan fingerprint density at radius 1 is 0.818 bits per heavy atom. The van der Waals surface area contributed by atoms with Crippen LogP contribution in [0.4, 0.5) is 0 Å². The lowest BCUT2D eigenvalue weighted by Gasteiger charge is -2.37. The second-order valence-corrected chi connectivity index (χ2v) is 3.76. The first-order valence-corrected chi connectivity index (χ1v) is 4.34. The fourth-order valence-corrected chi connectivity index (χ4v) is 1.73. The Morgan fingerprint density at radius 2 is 1.18 bits per heavy atom. The van der Waals surface area contributed by atoms with Gasteiger partial charge in [0.25, 0.3) is 0 Å². The molecule has 0 saturated carbocycles. The van der Waals surface area contributed by atoms with Crippen LogP contribution in [-0.4, -0.2) is 16.6 Å². The van der Waals surface area contributed by atoms with E-state index in [1.807, 2.05) is 0 Å². The molecule has 0 aromatic heterocycles. The van der Waals surface area contributed by atoms with Crippen molar-refractivity contribution in [3.05, 3.63) is 24.6 Å². The topological polar surface area (TPSA) is 0 Å². The molecule has 1 rings (SSSR count). The maximum Gasteiger partial charge on any atom is 0.101 e. The first-order valence-electron chi connectivity index (χ1n) is 4.34. The number of hydrogen-bond donors (Lipinski definition) is 0. The second kappa shape index (κ2) is 2.82. The second-order valence-electron chi connectivity index (χ2n) is 3.76. The molecule has 0 unspecified atom stereocenters. The molecule has 1 heteroatoms. The molecule has 0 atom stereocenters. The van der Waals surface area contributed by atoms with Gasteiger partial charge in [-0.3, -0.25) is 4.48 Å². The largest absolute Gasteiger partial charge is 0.267 e. The normalized spacial score (nSPS) is 20.5. The van der Waals surface area contributed by atoms with Crippen LogP contribution in [0.5, 0.6) is 0 Å². The molecule has 0 aromatic carbocycles. The first-order chi connectivity index (χ1) is 5.09. The van der Waals surface area contributed by atoms with E-state index in [1.54, 1.807) is 0 Å². The molecule has 0 spiro atoms. The molecule has 0 N–H and O–H groups in total. The summed E-state index contributed by atoms with van der Waals surface area (Å²) in [5.41, 5.74) is 0. The highest BCUT2D eigenvalue weighted by Crippen LogP contribution is 2.24. The third kappa shape index (κ3) is 1.25. The summed E-state index contributed by atoms with van der Waals surface area (Å²) in [7, 11) is 0. The van der Waals surface area contributed by atoms with Crippen molar-refractivity contribution in [3.63, 3.8) is 0 Å². The number of allylic oxidation sites excluding steroid dienone is 2. The molecule has 0 aromatic rings. The van der Waals surface area contributed by atoms with E-state index in [-0.39, 0.29) is 0 Å². The van der Waals surface area contributed by atoms with Crippen LogP contribution in [-0.2, 0) is 0 Å². The summed E-state index contributed by atoms with van der Waals surface area (Å²) in [5.74, 6) is 0. The van der Waals surface area contributed by atoms with E-state index in [9.17, 15) is 0 Å². The van der Waals surface area contributed by atoms with Crippen LogP contribution in [0, 0.1) is 0 Å². The van der Waals surface area contributed by atoms with E-state index in [0.717, 1.165) is 4.48 Å². The zero-order valence-corrected chi connectivity index (χ0v) is 7.91. The van der Waals surface area contributed by atoms with Crippen LogP contribution in [0.15, 0.2) is 24.6 Å². The Hall–Kier alpha value is -0.560. The Bertz CT molecular complexity index is 165. The van der Waals surface area contributed by atoms with Gasteiger partial charge in [-0.15, -0.1) is 0 Å². The van der Waals surface area contributed by atoms with Crippen molar-refractivity contribution in [2.24, 2.45) is 0 Å². The van der Waals surface area contributed by atoms with Crippen molar-refractivity contribution in [2.45, 2.75) is 39.8 Å². The van der Waals surface area contributed by atoms with Crippen LogP contribution in [0.2, 0.25) is 0 Å². The van der Waals surface area contributed by atoms with E-state index in [0.29, 0.717) is 12.1 Å². The van der Waals surface area contributed by atoms with Gasteiger partial charge >= 0.3 is 0 Å². The number of quaternary nitrogens is 1. The van der Waals surface area contributed by atoms with Gasteiger partial charge in [0.15, 0.2) is 0 Å².